The molecular formula is C55H42Br2F6N6O4. The van der Waals surface area contributed by atoms with Crippen LogP contribution in [0.4, 0.5) is 26.3 Å². The summed E-state index contributed by atoms with van der Waals surface area (Å²) in [6.45, 7) is 0.601. The Morgan fingerprint density at radius 3 is 1.51 bits per heavy atom. The van der Waals surface area contributed by atoms with Crippen molar-refractivity contribution in [2.45, 2.75) is 39.1 Å². The minimum Gasteiger partial charge on any atom is -0.348 e. The number of pyridine rings is 3. The molecule has 3 aromatic heterocycles. The largest absolute Gasteiger partial charge is 0.348 e. The summed E-state index contributed by atoms with van der Waals surface area (Å²) >= 11 is 6.69. The van der Waals surface area contributed by atoms with Crippen molar-refractivity contribution in [2.24, 2.45) is 5.73 Å². The molecule has 0 saturated carbocycles. The fourth-order valence-corrected chi connectivity index (χ4v) is 8.50. The van der Waals surface area contributed by atoms with Gasteiger partial charge in [-0.15, -0.1) is 0 Å². The zero-order chi connectivity index (χ0) is 52.2. The standard InChI is InChI=1S/C28H20F3N3O2.C20H14BrF3N2O2.C7H8BrN/c29-23-13-18(14-24(30)26(23)31)16-34-11-3-7-22(28(34)36)27(35)33-15-17-4-1-5-19(12-17)20-8-9-25-21(20)6-2-10-32-25;21-14-4-1-3-12(7-14)10-25-19(27)15-5-2-6-26(20(15)28)11-13-8-16(22)18(24)17(23)9-13;8-7-3-1-2-6(4-7)5-9/h1-8,10-14H,9,15-16H2,(H,33,35);1-9H,10-11H2,(H,25,27);1-4H,5,9H2. The monoisotopic (exact) mass is 1120 g/mol. The number of amides is 2. The number of carbonyl (C=O) groups is 2. The van der Waals surface area contributed by atoms with Gasteiger partial charge in [0, 0.05) is 59.2 Å². The number of fused-ring (bicyclic) bond motifs is 1. The molecule has 0 bridgehead atoms. The summed E-state index contributed by atoms with van der Waals surface area (Å²) in [5, 5.41) is 5.41. The molecule has 10 nitrogen and oxygen atoms in total. The lowest BCUT2D eigenvalue weighted by atomic mass is 9.99. The first-order valence-electron chi connectivity index (χ1n) is 22.2. The number of nitrogens with one attached hydrogen (secondary N) is 2. The van der Waals surface area contributed by atoms with Gasteiger partial charge in [-0.25, -0.2) is 26.3 Å². The Balaban J connectivity index is 0.000000186. The molecule has 0 atom stereocenters. The molecule has 0 spiro atoms. The Kier molecular flexibility index (Phi) is 17.9. The van der Waals surface area contributed by atoms with Crippen LogP contribution >= 0.6 is 31.9 Å². The topological polar surface area (TPSA) is 141 Å². The van der Waals surface area contributed by atoms with Crippen molar-refractivity contribution in [3.05, 3.63) is 278 Å². The van der Waals surface area contributed by atoms with E-state index in [0.29, 0.717) is 6.54 Å². The number of nitrogens with zero attached hydrogens (tertiary/aromatic N) is 3. The van der Waals surface area contributed by atoms with Gasteiger partial charge in [-0.3, -0.25) is 24.2 Å². The van der Waals surface area contributed by atoms with Crippen molar-refractivity contribution >= 4 is 49.2 Å². The summed E-state index contributed by atoms with van der Waals surface area (Å²) in [6, 6.07) is 36.0. The number of nitrogens with two attached hydrogens (primary N) is 1. The van der Waals surface area contributed by atoms with E-state index in [1.54, 1.807) is 6.20 Å². The lowest BCUT2D eigenvalue weighted by molar-refractivity contribution is 0.0940. The van der Waals surface area contributed by atoms with E-state index in [9.17, 15) is 45.5 Å². The Morgan fingerprint density at radius 2 is 1.03 bits per heavy atom. The van der Waals surface area contributed by atoms with Gasteiger partial charge in [0.15, 0.2) is 34.9 Å². The highest BCUT2D eigenvalue weighted by atomic mass is 79.9. The second-order valence-electron chi connectivity index (χ2n) is 16.3. The number of aromatic nitrogens is 3. The number of rotatable bonds is 12. The molecule has 4 N–H and O–H groups in total. The van der Waals surface area contributed by atoms with E-state index in [2.05, 4.69) is 53.6 Å². The summed E-state index contributed by atoms with van der Waals surface area (Å²) in [6.07, 6.45) is 7.44. The van der Waals surface area contributed by atoms with Crippen LogP contribution < -0.4 is 27.5 Å². The Hall–Kier alpha value is -7.67. The number of allylic oxidation sites excluding steroid dienone is 1. The van der Waals surface area contributed by atoms with Gasteiger partial charge in [0.05, 0.1) is 18.8 Å². The molecule has 5 aromatic carbocycles. The van der Waals surface area contributed by atoms with E-state index in [-0.39, 0.29) is 48.4 Å². The third-order valence-corrected chi connectivity index (χ3v) is 12.1. The van der Waals surface area contributed by atoms with Gasteiger partial charge in [0.1, 0.15) is 11.1 Å². The van der Waals surface area contributed by atoms with Gasteiger partial charge in [0.25, 0.3) is 22.9 Å². The SMILES string of the molecule is NCc1cccc(Br)c1.O=C(NCc1cccc(Br)c1)c1cccn(Cc2cc(F)c(F)c(F)c2)c1=O.O=C(NCc1cccc(C2=CCc3ncccc32)c1)c1cccn(Cc2cc(F)c(F)c(F)c2)c1=O. The first kappa shape index (κ1) is 53.1. The van der Waals surface area contributed by atoms with Crippen molar-refractivity contribution in [3.63, 3.8) is 0 Å². The van der Waals surface area contributed by atoms with E-state index in [0.717, 1.165) is 87.9 Å². The molecule has 0 aliphatic heterocycles. The molecule has 372 valence electrons. The predicted molar refractivity (Wildman–Crippen MR) is 272 cm³/mol. The average molecular weight is 1120 g/mol. The zero-order valence-corrected chi connectivity index (χ0v) is 41.5. The Morgan fingerprint density at radius 1 is 0.562 bits per heavy atom. The minimum absolute atomic E-state index is 0.0564. The van der Waals surface area contributed by atoms with Crippen LogP contribution in [0.1, 0.15) is 65.4 Å². The van der Waals surface area contributed by atoms with Crippen molar-refractivity contribution < 1.29 is 35.9 Å². The fraction of sp³-hybridized carbons (Fsp3) is 0.109. The second kappa shape index (κ2) is 24.6. The first-order chi connectivity index (χ1) is 35.1. The van der Waals surface area contributed by atoms with Gasteiger partial charge in [-0.2, -0.15) is 0 Å². The molecule has 0 saturated heterocycles. The molecule has 18 heteroatoms. The number of hydrogen-bond acceptors (Lipinski definition) is 6. The van der Waals surface area contributed by atoms with E-state index in [1.165, 1.54) is 36.7 Å². The maximum Gasteiger partial charge on any atom is 0.263 e. The van der Waals surface area contributed by atoms with Gasteiger partial charge in [-0.1, -0.05) is 86.5 Å². The molecule has 0 fully saturated rings. The smallest absolute Gasteiger partial charge is 0.263 e. The lowest BCUT2D eigenvalue weighted by Gasteiger charge is -2.11. The van der Waals surface area contributed by atoms with Crippen molar-refractivity contribution in [1.82, 2.24) is 24.8 Å². The van der Waals surface area contributed by atoms with Gasteiger partial charge >= 0.3 is 0 Å². The third kappa shape index (κ3) is 13.9. The molecule has 9 rings (SSSR count). The van der Waals surface area contributed by atoms with Crippen LogP contribution in [0, 0.1) is 34.9 Å². The number of carbonyl (C=O) groups excluding carboxylic acids is 2. The molecule has 1 aliphatic rings. The molecule has 3 heterocycles. The second-order valence-corrected chi connectivity index (χ2v) is 18.1. The van der Waals surface area contributed by atoms with Crippen molar-refractivity contribution in [3.8, 4) is 0 Å². The summed E-state index contributed by atoms with van der Waals surface area (Å²) in [7, 11) is 0. The maximum absolute atomic E-state index is 13.5. The quantitative estimate of drug-likeness (QED) is 0.0822. The minimum atomic E-state index is -1.58. The Bertz CT molecular complexity index is 3450. The lowest BCUT2D eigenvalue weighted by Crippen LogP contribution is -2.32. The van der Waals surface area contributed by atoms with Crippen molar-refractivity contribution in [1.29, 1.82) is 0 Å². The summed E-state index contributed by atoms with van der Waals surface area (Å²) in [4.78, 5) is 55.0. The highest BCUT2D eigenvalue weighted by molar-refractivity contribution is 9.10. The van der Waals surface area contributed by atoms with E-state index in [1.807, 2.05) is 84.9 Å². The molecule has 2 amide bonds. The predicted octanol–water partition coefficient (Wildman–Crippen LogP) is 10.5. The number of benzene rings is 5. The zero-order valence-electron chi connectivity index (χ0n) is 38.3. The molecule has 0 unspecified atom stereocenters. The highest BCUT2D eigenvalue weighted by Crippen LogP contribution is 2.31. The first-order valence-corrected chi connectivity index (χ1v) is 23.8. The van der Waals surface area contributed by atoms with Crippen LogP contribution in [0.3, 0.4) is 0 Å². The van der Waals surface area contributed by atoms with Crippen LogP contribution in [0.2, 0.25) is 0 Å². The van der Waals surface area contributed by atoms with Crippen LogP contribution in [0.15, 0.2) is 177 Å². The third-order valence-electron chi connectivity index (χ3n) is 11.2. The molecular weight excluding hydrogens is 1080 g/mol. The molecule has 73 heavy (non-hydrogen) atoms. The maximum atomic E-state index is 13.5. The fourth-order valence-electron chi connectivity index (χ4n) is 7.60. The summed E-state index contributed by atoms with van der Waals surface area (Å²) in [5.41, 5.74) is 11.1. The molecule has 8 aromatic rings. The van der Waals surface area contributed by atoms with Crippen LogP contribution in [0.25, 0.3) is 5.57 Å². The molecule has 0 radical (unpaired) electrons. The van der Waals surface area contributed by atoms with Crippen LogP contribution in [-0.4, -0.2) is 25.9 Å². The molecule has 1 aliphatic carbocycles. The van der Waals surface area contributed by atoms with E-state index < -0.39 is 57.8 Å². The van der Waals surface area contributed by atoms with Gasteiger partial charge < -0.3 is 25.5 Å². The van der Waals surface area contributed by atoms with E-state index >= 15 is 0 Å². The normalized spacial score (nSPS) is 11.3. The number of hydrogen-bond donors (Lipinski definition) is 3. The highest BCUT2D eigenvalue weighted by Gasteiger charge is 2.19. The van der Waals surface area contributed by atoms with Crippen LogP contribution in [0.5, 0.6) is 0 Å². The summed E-state index contributed by atoms with van der Waals surface area (Å²) in [5.74, 6) is -9.67. The summed E-state index contributed by atoms with van der Waals surface area (Å²) < 4.78 is 84.3. The Labute approximate surface area is 431 Å². The van der Waals surface area contributed by atoms with Gasteiger partial charge in [0.2, 0.25) is 0 Å². The van der Waals surface area contributed by atoms with Gasteiger partial charge in [-0.05, 0) is 124 Å². The van der Waals surface area contributed by atoms with Crippen molar-refractivity contribution in [2.75, 3.05) is 0 Å². The average Bonchev–Trinajstić information content (AvgIpc) is 3.82. The van der Waals surface area contributed by atoms with E-state index in [4.69, 9.17) is 5.73 Å². The van der Waals surface area contributed by atoms with Crippen LogP contribution in [-0.2, 0) is 39.1 Å². The number of halogens is 8.